The van der Waals surface area contributed by atoms with E-state index in [0.29, 0.717) is 35.8 Å². The van der Waals surface area contributed by atoms with Crippen molar-refractivity contribution in [3.63, 3.8) is 0 Å². The van der Waals surface area contributed by atoms with Crippen LogP contribution in [-0.2, 0) is 14.3 Å². The second-order valence-electron chi connectivity index (χ2n) is 5.33. The zero-order chi connectivity index (χ0) is 18.4. The highest BCUT2D eigenvalue weighted by molar-refractivity contribution is 6.45. The van der Waals surface area contributed by atoms with Crippen LogP contribution in [0.15, 0.2) is 24.3 Å². The van der Waals surface area contributed by atoms with E-state index >= 15 is 0 Å². The Morgan fingerprint density at radius 3 is 2.28 bits per heavy atom. The fourth-order valence-corrected chi connectivity index (χ4v) is 2.37. The van der Waals surface area contributed by atoms with Gasteiger partial charge in [-0.05, 0) is 37.6 Å². The number of Topliss-reactive ketones (excluding diaryl/α,β-unsaturated/α-hetero) is 1. The van der Waals surface area contributed by atoms with E-state index in [1.165, 1.54) is 19.2 Å². The van der Waals surface area contributed by atoms with Crippen molar-refractivity contribution in [2.45, 2.75) is 13.3 Å². The van der Waals surface area contributed by atoms with E-state index in [9.17, 15) is 19.2 Å². The van der Waals surface area contributed by atoms with Gasteiger partial charge in [0.1, 0.15) is 5.75 Å². The first-order valence-corrected chi connectivity index (χ1v) is 7.92. The first-order chi connectivity index (χ1) is 12.0. The van der Waals surface area contributed by atoms with Gasteiger partial charge in [-0.15, -0.1) is 0 Å². The molecule has 2 rings (SSSR count). The Morgan fingerprint density at radius 2 is 1.68 bits per heavy atom. The lowest BCUT2D eigenvalue weighted by atomic mass is 10.1. The fourth-order valence-electron chi connectivity index (χ4n) is 2.37. The number of nitrogens with zero attached hydrogens (tertiary/aromatic N) is 2. The Bertz CT molecular complexity index is 670. The molecule has 4 amide bonds. The highest BCUT2D eigenvalue weighted by Gasteiger charge is 2.44. The molecule has 0 spiro atoms. The van der Waals surface area contributed by atoms with Crippen molar-refractivity contribution in [2.75, 3.05) is 33.4 Å². The number of rotatable bonds is 9. The zero-order valence-electron chi connectivity index (χ0n) is 14.2. The molecule has 0 unspecified atom stereocenters. The number of hydrogen-bond donors (Lipinski definition) is 0. The van der Waals surface area contributed by atoms with Crippen molar-refractivity contribution in [2.24, 2.45) is 0 Å². The third-order valence-electron chi connectivity index (χ3n) is 3.72. The Labute approximate surface area is 145 Å². The number of carbonyl (C=O) groups is 4. The second kappa shape index (κ2) is 8.39. The molecule has 0 atom stereocenters. The molecule has 1 aliphatic heterocycles. The maximum absolute atomic E-state index is 12.3. The lowest BCUT2D eigenvalue weighted by molar-refractivity contribution is -0.143. The van der Waals surface area contributed by atoms with Crippen LogP contribution in [0.25, 0.3) is 0 Å². The highest BCUT2D eigenvalue weighted by Crippen LogP contribution is 2.16. The molecule has 1 aromatic rings. The minimum atomic E-state index is -0.983. The van der Waals surface area contributed by atoms with Gasteiger partial charge in [0.05, 0.1) is 13.7 Å². The van der Waals surface area contributed by atoms with Gasteiger partial charge in [0, 0.05) is 25.3 Å². The molecule has 1 fully saturated rings. The predicted molar refractivity (Wildman–Crippen MR) is 87.3 cm³/mol. The maximum Gasteiger partial charge on any atom is 0.334 e. The zero-order valence-corrected chi connectivity index (χ0v) is 14.2. The molecule has 8 heteroatoms. The lowest BCUT2D eigenvalue weighted by Gasteiger charge is -2.15. The van der Waals surface area contributed by atoms with Crippen LogP contribution < -0.4 is 4.74 Å². The topological polar surface area (TPSA) is 93.2 Å². The average Bonchev–Trinajstić information content (AvgIpc) is 2.82. The van der Waals surface area contributed by atoms with Crippen LogP contribution in [0.1, 0.15) is 23.7 Å². The third kappa shape index (κ3) is 4.21. The van der Waals surface area contributed by atoms with Crippen molar-refractivity contribution in [3.05, 3.63) is 29.8 Å². The average molecular weight is 348 g/mol. The molecule has 25 heavy (non-hydrogen) atoms. The summed E-state index contributed by atoms with van der Waals surface area (Å²) in [7, 11) is 1.50. The van der Waals surface area contributed by atoms with E-state index in [0.717, 1.165) is 4.90 Å². The number of imide groups is 2. The summed E-state index contributed by atoms with van der Waals surface area (Å²) in [4.78, 5) is 50.0. The molecule has 0 N–H and O–H groups in total. The SMILES string of the molecule is CCOCCCN1C(=O)C(=O)N(CC(=O)c2ccc(OC)cc2)C1=O. The van der Waals surface area contributed by atoms with E-state index in [-0.39, 0.29) is 6.54 Å². The molecule has 1 heterocycles. The number of amides is 4. The predicted octanol–water partition coefficient (Wildman–Crippen LogP) is 1.10. The van der Waals surface area contributed by atoms with Crippen LogP contribution in [0, 0.1) is 0 Å². The number of carbonyl (C=O) groups excluding carboxylic acids is 4. The second-order valence-corrected chi connectivity index (χ2v) is 5.33. The summed E-state index contributed by atoms with van der Waals surface area (Å²) in [6.45, 7) is 2.35. The van der Waals surface area contributed by atoms with Crippen LogP contribution in [0.2, 0.25) is 0 Å². The molecule has 0 bridgehead atoms. The summed E-state index contributed by atoms with van der Waals surface area (Å²) < 4.78 is 10.2. The number of ether oxygens (including phenoxy) is 2. The maximum atomic E-state index is 12.3. The van der Waals surface area contributed by atoms with Crippen molar-refractivity contribution >= 4 is 23.6 Å². The smallest absolute Gasteiger partial charge is 0.334 e. The van der Waals surface area contributed by atoms with Gasteiger partial charge in [-0.25, -0.2) is 9.69 Å². The van der Waals surface area contributed by atoms with Crippen LogP contribution in [0.5, 0.6) is 5.75 Å². The summed E-state index contributed by atoms with van der Waals surface area (Å²) in [5.74, 6) is -1.75. The van der Waals surface area contributed by atoms with Gasteiger partial charge < -0.3 is 9.47 Å². The van der Waals surface area contributed by atoms with Gasteiger partial charge in [0.15, 0.2) is 5.78 Å². The molecule has 0 aliphatic carbocycles. The molecule has 1 saturated heterocycles. The van der Waals surface area contributed by atoms with E-state index in [2.05, 4.69) is 0 Å². The number of urea groups is 1. The molecule has 8 nitrogen and oxygen atoms in total. The molecule has 1 aromatic carbocycles. The largest absolute Gasteiger partial charge is 0.497 e. The van der Waals surface area contributed by atoms with Gasteiger partial charge in [-0.2, -0.15) is 0 Å². The summed E-state index contributed by atoms with van der Waals surface area (Å²) >= 11 is 0. The highest BCUT2D eigenvalue weighted by atomic mass is 16.5. The molecule has 134 valence electrons. The first kappa shape index (κ1) is 18.6. The van der Waals surface area contributed by atoms with Crippen molar-refractivity contribution in [1.82, 2.24) is 9.80 Å². The van der Waals surface area contributed by atoms with E-state index in [1.807, 2.05) is 6.92 Å². The van der Waals surface area contributed by atoms with E-state index in [4.69, 9.17) is 9.47 Å². The molecule has 1 aliphatic rings. The Balaban J connectivity index is 2.00. The van der Waals surface area contributed by atoms with Crippen LogP contribution in [-0.4, -0.2) is 66.8 Å². The molecule has 0 saturated carbocycles. The summed E-state index contributed by atoms with van der Waals surface area (Å²) in [6.07, 6.45) is 0.429. The van der Waals surface area contributed by atoms with Gasteiger partial charge in [-0.3, -0.25) is 19.3 Å². The fraction of sp³-hybridized carbons (Fsp3) is 0.412. The minimum Gasteiger partial charge on any atom is -0.497 e. The monoisotopic (exact) mass is 348 g/mol. The normalized spacial score (nSPS) is 14.4. The summed E-state index contributed by atoms with van der Waals surface area (Å²) in [5, 5.41) is 0. The van der Waals surface area contributed by atoms with Gasteiger partial charge in [0.2, 0.25) is 0 Å². The van der Waals surface area contributed by atoms with E-state index in [1.54, 1.807) is 12.1 Å². The number of ketones is 1. The van der Waals surface area contributed by atoms with Gasteiger partial charge in [0.25, 0.3) is 0 Å². The molecular formula is C17H20N2O6. The summed E-state index contributed by atoms with van der Waals surface area (Å²) in [5.41, 5.74) is 0.323. The van der Waals surface area contributed by atoms with Crippen LogP contribution in [0.3, 0.4) is 0 Å². The van der Waals surface area contributed by atoms with Crippen molar-refractivity contribution in [3.8, 4) is 5.75 Å². The lowest BCUT2D eigenvalue weighted by Crippen LogP contribution is -2.37. The van der Waals surface area contributed by atoms with Crippen LogP contribution in [0.4, 0.5) is 4.79 Å². The van der Waals surface area contributed by atoms with Crippen molar-refractivity contribution in [1.29, 1.82) is 0 Å². The van der Waals surface area contributed by atoms with Crippen molar-refractivity contribution < 1.29 is 28.7 Å². The number of methoxy groups -OCH3 is 1. The Kier molecular flexibility index (Phi) is 6.24. The molecular weight excluding hydrogens is 328 g/mol. The Morgan fingerprint density at radius 1 is 1.04 bits per heavy atom. The quantitative estimate of drug-likeness (QED) is 0.287. The minimum absolute atomic E-state index is 0.0800. The molecule has 0 radical (unpaired) electrons. The van der Waals surface area contributed by atoms with E-state index < -0.39 is 30.2 Å². The number of benzene rings is 1. The Hall–Kier alpha value is -2.74. The standard InChI is InChI=1S/C17H20N2O6/c1-3-25-10-4-9-18-15(21)16(22)19(17(18)23)11-14(20)12-5-7-13(24-2)8-6-12/h5-8H,3-4,9-11H2,1-2H3. The van der Waals surface area contributed by atoms with Crippen LogP contribution >= 0.6 is 0 Å². The number of hydrogen-bond acceptors (Lipinski definition) is 6. The van der Waals surface area contributed by atoms with Gasteiger partial charge in [-0.1, -0.05) is 0 Å². The third-order valence-corrected chi connectivity index (χ3v) is 3.72. The first-order valence-electron chi connectivity index (χ1n) is 7.92. The molecule has 0 aromatic heterocycles. The van der Waals surface area contributed by atoms with Gasteiger partial charge >= 0.3 is 17.8 Å². The summed E-state index contributed by atoms with van der Waals surface area (Å²) in [6, 6.07) is 5.51.